The van der Waals surface area contributed by atoms with Gasteiger partial charge in [-0.2, -0.15) is 0 Å². The van der Waals surface area contributed by atoms with Crippen molar-refractivity contribution in [1.29, 1.82) is 0 Å². The van der Waals surface area contributed by atoms with Gasteiger partial charge < -0.3 is 19.9 Å². The topological polar surface area (TPSA) is 104 Å². The molecule has 1 fully saturated rings. The number of anilines is 2. The number of carbonyl (C=O) groups is 3. The van der Waals surface area contributed by atoms with Crippen molar-refractivity contribution >= 4 is 39.9 Å². The Morgan fingerprint density at radius 1 is 1.32 bits per heavy atom. The maximum atomic E-state index is 12.7. The number of carbonyl (C=O) groups excluding carboxylic acids is 3. The third-order valence-electron chi connectivity index (χ3n) is 5.27. The number of nitrogens with zero attached hydrogens (tertiary/aromatic N) is 2. The molecule has 1 aliphatic rings. The van der Waals surface area contributed by atoms with E-state index in [9.17, 15) is 14.4 Å². The third kappa shape index (κ3) is 4.36. The van der Waals surface area contributed by atoms with E-state index in [2.05, 4.69) is 26.9 Å². The first-order valence-corrected chi connectivity index (χ1v) is 10.8. The van der Waals surface area contributed by atoms with Gasteiger partial charge in [-0.05, 0) is 30.2 Å². The molecule has 31 heavy (non-hydrogen) atoms. The number of aromatic amines is 1. The fourth-order valence-electron chi connectivity index (χ4n) is 3.49. The summed E-state index contributed by atoms with van der Waals surface area (Å²) in [4.78, 5) is 45.7. The number of benzene rings is 1. The van der Waals surface area contributed by atoms with Crippen molar-refractivity contribution in [2.24, 2.45) is 5.92 Å². The molecule has 2 N–H and O–H groups in total. The molecule has 2 aromatic heterocycles. The molecule has 9 heteroatoms. The first-order chi connectivity index (χ1) is 15.0. The van der Waals surface area contributed by atoms with E-state index in [1.807, 2.05) is 24.3 Å². The second-order valence-electron chi connectivity index (χ2n) is 7.25. The van der Waals surface area contributed by atoms with Gasteiger partial charge in [-0.25, -0.2) is 9.78 Å². The Kier molecular flexibility index (Phi) is 5.85. The average molecular weight is 439 g/mol. The summed E-state index contributed by atoms with van der Waals surface area (Å²) < 4.78 is 4.68. The van der Waals surface area contributed by atoms with Crippen molar-refractivity contribution in [2.45, 2.75) is 19.8 Å². The SMILES string of the molecule is CCc1ccc(N2C[C@@H](C(=O)Nc3nc(-c4c[nH]c(C(=O)OC)c4)cs3)CC2=O)cc1. The van der Waals surface area contributed by atoms with Gasteiger partial charge in [0.15, 0.2) is 5.13 Å². The van der Waals surface area contributed by atoms with Crippen LogP contribution in [0.1, 0.15) is 29.4 Å². The number of ether oxygens (including phenoxy) is 1. The number of rotatable bonds is 6. The highest BCUT2D eigenvalue weighted by atomic mass is 32.1. The largest absolute Gasteiger partial charge is 0.464 e. The summed E-state index contributed by atoms with van der Waals surface area (Å²) in [6, 6.07) is 9.48. The molecule has 2 amide bonds. The Bertz CT molecular complexity index is 1120. The molecule has 3 heterocycles. The number of amides is 2. The van der Waals surface area contributed by atoms with E-state index in [4.69, 9.17) is 0 Å². The van der Waals surface area contributed by atoms with Crippen LogP contribution in [0.15, 0.2) is 41.9 Å². The minimum atomic E-state index is -0.463. The van der Waals surface area contributed by atoms with Gasteiger partial charge >= 0.3 is 5.97 Å². The van der Waals surface area contributed by atoms with Crippen LogP contribution in [0.2, 0.25) is 0 Å². The number of H-pyrrole nitrogens is 1. The molecule has 3 aromatic rings. The summed E-state index contributed by atoms with van der Waals surface area (Å²) in [5, 5.41) is 5.05. The normalized spacial score (nSPS) is 15.9. The molecule has 0 saturated carbocycles. The predicted molar refractivity (Wildman–Crippen MR) is 118 cm³/mol. The number of aromatic nitrogens is 2. The van der Waals surface area contributed by atoms with Crippen LogP contribution in [0.3, 0.4) is 0 Å². The Balaban J connectivity index is 1.40. The lowest BCUT2D eigenvalue weighted by Gasteiger charge is -2.17. The van der Waals surface area contributed by atoms with Crippen molar-refractivity contribution < 1.29 is 19.1 Å². The zero-order valence-corrected chi connectivity index (χ0v) is 18.0. The highest BCUT2D eigenvalue weighted by Gasteiger charge is 2.35. The third-order valence-corrected chi connectivity index (χ3v) is 6.03. The predicted octanol–water partition coefficient (Wildman–Crippen LogP) is 3.48. The minimum Gasteiger partial charge on any atom is -0.464 e. The second-order valence-corrected chi connectivity index (χ2v) is 8.10. The lowest BCUT2D eigenvalue weighted by Crippen LogP contribution is -2.28. The monoisotopic (exact) mass is 438 g/mol. The van der Waals surface area contributed by atoms with Crippen molar-refractivity contribution in [3.05, 3.63) is 53.2 Å². The van der Waals surface area contributed by atoms with E-state index in [1.165, 1.54) is 24.0 Å². The van der Waals surface area contributed by atoms with Crippen LogP contribution in [-0.2, 0) is 20.7 Å². The van der Waals surface area contributed by atoms with Gasteiger partial charge in [0.05, 0.1) is 18.7 Å². The van der Waals surface area contributed by atoms with Crippen LogP contribution in [0.25, 0.3) is 11.3 Å². The first-order valence-electron chi connectivity index (χ1n) is 9.91. The lowest BCUT2D eigenvalue weighted by molar-refractivity contribution is -0.122. The van der Waals surface area contributed by atoms with Crippen molar-refractivity contribution in [3.63, 3.8) is 0 Å². The second kappa shape index (κ2) is 8.73. The van der Waals surface area contributed by atoms with E-state index >= 15 is 0 Å². The Morgan fingerprint density at radius 2 is 2.10 bits per heavy atom. The standard InChI is InChI=1S/C22H22N4O4S/c1-3-13-4-6-16(7-5-13)26-11-15(9-19(26)27)20(28)25-22-24-18(12-31-22)14-8-17(23-10-14)21(29)30-2/h4-8,10,12,15,23H,3,9,11H2,1-2H3,(H,24,25,28)/t15-/m0/s1. The first kappa shape index (κ1) is 20.8. The summed E-state index contributed by atoms with van der Waals surface area (Å²) >= 11 is 1.29. The molecule has 160 valence electrons. The summed E-state index contributed by atoms with van der Waals surface area (Å²) in [7, 11) is 1.31. The molecule has 0 aliphatic carbocycles. The van der Waals surface area contributed by atoms with Gasteiger partial charge in [0.1, 0.15) is 5.69 Å². The highest BCUT2D eigenvalue weighted by Crippen LogP contribution is 2.29. The fourth-order valence-corrected chi connectivity index (χ4v) is 4.21. The van der Waals surface area contributed by atoms with Crippen LogP contribution >= 0.6 is 11.3 Å². The van der Waals surface area contributed by atoms with E-state index in [0.717, 1.165) is 17.7 Å². The fraction of sp³-hybridized carbons (Fsp3) is 0.273. The number of hydrogen-bond acceptors (Lipinski definition) is 6. The van der Waals surface area contributed by atoms with Gasteiger partial charge in [-0.3, -0.25) is 9.59 Å². The lowest BCUT2D eigenvalue weighted by atomic mass is 10.1. The molecule has 1 atom stereocenters. The highest BCUT2D eigenvalue weighted by molar-refractivity contribution is 7.14. The van der Waals surface area contributed by atoms with Crippen LogP contribution in [-0.4, -0.2) is 41.4 Å². The minimum absolute atomic E-state index is 0.0631. The van der Waals surface area contributed by atoms with Crippen molar-refractivity contribution in [1.82, 2.24) is 9.97 Å². The van der Waals surface area contributed by atoms with Crippen LogP contribution in [0.4, 0.5) is 10.8 Å². The molecule has 4 rings (SSSR count). The summed E-state index contributed by atoms with van der Waals surface area (Å²) in [5.74, 6) is -1.20. The summed E-state index contributed by atoms with van der Waals surface area (Å²) in [6.45, 7) is 2.42. The zero-order chi connectivity index (χ0) is 22.0. The van der Waals surface area contributed by atoms with E-state index in [1.54, 1.807) is 22.5 Å². The number of methoxy groups -OCH3 is 1. The van der Waals surface area contributed by atoms with Gasteiger partial charge in [0.2, 0.25) is 11.8 Å². The molecule has 1 aromatic carbocycles. The molecular formula is C22H22N4O4S. The molecule has 1 saturated heterocycles. The van der Waals surface area contributed by atoms with E-state index in [-0.39, 0.29) is 18.2 Å². The van der Waals surface area contributed by atoms with Crippen LogP contribution in [0, 0.1) is 5.92 Å². The molecule has 0 unspecified atom stereocenters. The van der Waals surface area contributed by atoms with Crippen LogP contribution in [0.5, 0.6) is 0 Å². The number of aryl methyl sites for hydroxylation is 1. The Hall–Kier alpha value is -3.46. The van der Waals surface area contributed by atoms with E-state index in [0.29, 0.717) is 23.1 Å². The smallest absolute Gasteiger partial charge is 0.354 e. The maximum absolute atomic E-state index is 12.7. The molecule has 0 spiro atoms. The van der Waals surface area contributed by atoms with Crippen LogP contribution < -0.4 is 10.2 Å². The van der Waals surface area contributed by atoms with Gasteiger partial charge in [-0.1, -0.05) is 19.1 Å². The molecule has 1 aliphatic heterocycles. The number of hydrogen-bond donors (Lipinski definition) is 2. The van der Waals surface area contributed by atoms with Crippen molar-refractivity contribution in [3.8, 4) is 11.3 Å². The molecule has 0 radical (unpaired) electrons. The quantitative estimate of drug-likeness (QED) is 0.574. The molecule has 0 bridgehead atoms. The van der Waals surface area contributed by atoms with Crippen molar-refractivity contribution in [2.75, 3.05) is 23.9 Å². The summed E-state index contributed by atoms with van der Waals surface area (Å²) in [6.07, 6.45) is 2.76. The average Bonchev–Trinajstić information content (AvgIpc) is 3.53. The van der Waals surface area contributed by atoms with Gasteiger partial charge in [0, 0.05) is 35.8 Å². The molecule has 8 nitrogen and oxygen atoms in total. The Labute approximate surface area is 183 Å². The number of esters is 1. The number of nitrogens with one attached hydrogen (secondary N) is 2. The van der Waals surface area contributed by atoms with E-state index < -0.39 is 11.9 Å². The van der Waals surface area contributed by atoms with Gasteiger partial charge in [-0.15, -0.1) is 11.3 Å². The Morgan fingerprint density at radius 3 is 2.81 bits per heavy atom. The number of thiazole rings is 1. The molecular weight excluding hydrogens is 416 g/mol. The zero-order valence-electron chi connectivity index (χ0n) is 17.2. The maximum Gasteiger partial charge on any atom is 0.354 e. The van der Waals surface area contributed by atoms with Gasteiger partial charge in [0.25, 0.3) is 0 Å². The summed E-state index contributed by atoms with van der Waals surface area (Å²) in [5.41, 5.74) is 3.68.